The fourth-order valence-electron chi connectivity index (χ4n) is 5.16. The van der Waals surface area contributed by atoms with Crippen LogP contribution in [0, 0.1) is 13.8 Å². The molecule has 1 saturated heterocycles. The highest BCUT2D eigenvalue weighted by Crippen LogP contribution is 2.33. The summed E-state index contributed by atoms with van der Waals surface area (Å²) in [6.07, 6.45) is 1.75. The van der Waals surface area contributed by atoms with Gasteiger partial charge in [0.25, 0.3) is 5.91 Å². The standard InChI is InChI=1S/C32H34N4O5/c1-19-16-22(10-11-24(19)30(37)35-41-23-12-14-36(3)15-13-23)33-29(21-8-6-5-7-9-21)28-26-17-20(2)25(32(39)40-4)18-27(26)34-31(28)38/h5-11,16-18,23,34,38H,12-15H2,1-4H3,(H,35,37). The number of aromatic amines is 1. The van der Waals surface area contributed by atoms with E-state index in [1.54, 1.807) is 18.2 Å². The van der Waals surface area contributed by atoms with Gasteiger partial charge in [-0.3, -0.25) is 9.63 Å². The van der Waals surface area contributed by atoms with Crippen molar-refractivity contribution in [3.8, 4) is 5.88 Å². The third kappa shape index (κ3) is 6.01. The summed E-state index contributed by atoms with van der Waals surface area (Å²) in [7, 11) is 3.41. The van der Waals surface area contributed by atoms with Gasteiger partial charge in [0.05, 0.1) is 35.7 Å². The van der Waals surface area contributed by atoms with Gasteiger partial charge in [0.2, 0.25) is 0 Å². The number of hydroxylamine groups is 1. The van der Waals surface area contributed by atoms with Crippen molar-refractivity contribution < 1.29 is 24.3 Å². The van der Waals surface area contributed by atoms with Crippen molar-refractivity contribution in [2.24, 2.45) is 4.99 Å². The fourth-order valence-corrected chi connectivity index (χ4v) is 5.16. The molecule has 212 valence electrons. The van der Waals surface area contributed by atoms with Gasteiger partial charge in [0, 0.05) is 35.1 Å². The summed E-state index contributed by atoms with van der Waals surface area (Å²) in [6, 6.07) is 18.4. The number of carbonyl (C=O) groups excluding carboxylic acids is 2. The number of ether oxygens (including phenoxy) is 1. The Morgan fingerprint density at radius 3 is 2.39 bits per heavy atom. The first kappa shape index (κ1) is 28.1. The molecule has 0 unspecified atom stereocenters. The number of aliphatic imine (C=N–C) groups is 1. The van der Waals surface area contributed by atoms with Crippen LogP contribution in [0.4, 0.5) is 5.69 Å². The predicted molar refractivity (Wildman–Crippen MR) is 158 cm³/mol. The monoisotopic (exact) mass is 554 g/mol. The first-order valence-electron chi connectivity index (χ1n) is 13.6. The summed E-state index contributed by atoms with van der Waals surface area (Å²) >= 11 is 0. The highest BCUT2D eigenvalue weighted by atomic mass is 16.7. The van der Waals surface area contributed by atoms with E-state index in [1.807, 2.05) is 56.3 Å². The molecule has 1 aromatic heterocycles. The predicted octanol–water partition coefficient (Wildman–Crippen LogP) is 5.20. The Balaban J connectivity index is 1.49. The lowest BCUT2D eigenvalue weighted by molar-refractivity contribution is -0.0400. The van der Waals surface area contributed by atoms with Crippen LogP contribution in [-0.2, 0) is 9.57 Å². The molecule has 1 amide bonds. The Kier molecular flexibility index (Phi) is 8.19. The van der Waals surface area contributed by atoms with E-state index in [1.165, 1.54) is 7.11 Å². The van der Waals surface area contributed by atoms with E-state index in [0.717, 1.165) is 37.1 Å². The minimum atomic E-state index is -0.451. The molecule has 9 heteroatoms. The zero-order valence-corrected chi connectivity index (χ0v) is 23.7. The fraction of sp³-hybridized carbons (Fsp3) is 0.281. The average molecular weight is 555 g/mol. The Hall–Kier alpha value is -4.47. The molecule has 0 aliphatic carbocycles. The first-order valence-corrected chi connectivity index (χ1v) is 13.6. The number of fused-ring (bicyclic) bond motifs is 1. The van der Waals surface area contributed by atoms with Gasteiger partial charge in [-0.1, -0.05) is 30.3 Å². The molecule has 2 heterocycles. The smallest absolute Gasteiger partial charge is 0.338 e. The van der Waals surface area contributed by atoms with Gasteiger partial charge in [-0.05, 0) is 75.2 Å². The number of piperidine rings is 1. The summed E-state index contributed by atoms with van der Waals surface area (Å²) in [5, 5.41) is 11.8. The van der Waals surface area contributed by atoms with Crippen LogP contribution in [0.15, 0.2) is 65.7 Å². The number of aromatic hydroxyl groups is 1. The number of carbonyl (C=O) groups is 2. The lowest BCUT2D eigenvalue weighted by Gasteiger charge is -2.28. The van der Waals surface area contributed by atoms with E-state index < -0.39 is 5.97 Å². The largest absolute Gasteiger partial charge is 0.494 e. The maximum absolute atomic E-state index is 12.9. The molecule has 0 atom stereocenters. The van der Waals surface area contributed by atoms with Crippen molar-refractivity contribution in [1.29, 1.82) is 0 Å². The van der Waals surface area contributed by atoms with Crippen LogP contribution in [0.3, 0.4) is 0 Å². The summed E-state index contributed by atoms with van der Waals surface area (Å²) in [4.78, 5) is 41.0. The summed E-state index contributed by atoms with van der Waals surface area (Å²) in [5.74, 6) is -0.817. The summed E-state index contributed by atoms with van der Waals surface area (Å²) in [5.41, 5.74) is 8.03. The Bertz CT molecular complexity index is 1620. The highest BCUT2D eigenvalue weighted by Gasteiger charge is 2.22. The molecule has 41 heavy (non-hydrogen) atoms. The van der Waals surface area contributed by atoms with Gasteiger partial charge in [-0.15, -0.1) is 0 Å². The Labute approximate surface area is 238 Å². The molecule has 0 bridgehead atoms. The van der Waals surface area contributed by atoms with Gasteiger partial charge in [0.15, 0.2) is 5.88 Å². The molecular formula is C32H34N4O5. The number of hydrogen-bond acceptors (Lipinski definition) is 7. The van der Waals surface area contributed by atoms with Crippen molar-refractivity contribution in [3.63, 3.8) is 0 Å². The molecule has 4 aromatic rings. The average Bonchev–Trinajstić information content (AvgIpc) is 3.29. The molecule has 0 saturated carbocycles. The van der Waals surface area contributed by atoms with E-state index in [2.05, 4.69) is 22.4 Å². The molecule has 1 aliphatic rings. The number of benzene rings is 3. The molecule has 1 fully saturated rings. The number of methoxy groups -OCH3 is 1. The normalized spacial score (nSPS) is 14.8. The summed E-state index contributed by atoms with van der Waals surface area (Å²) in [6.45, 7) is 5.55. The number of aryl methyl sites for hydroxylation is 2. The van der Waals surface area contributed by atoms with Gasteiger partial charge in [-0.2, -0.15) is 0 Å². The van der Waals surface area contributed by atoms with E-state index in [4.69, 9.17) is 14.6 Å². The number of aromatic nitrogens is 1. The molecular weight excluding hydrogens is 520 g/mol. The van der Waals surface area contributed by atoms with E-state index >= 15 is 0 Å². The van der Waals surface area contributed by atoms with Crippen molar-refractivity contribution in [1.82, 2.24) is 15.4 Å². The van der Waals surface area contributed by atoms with Crippen LogP contribution in [0.1, 0.15) is 55.8 Å². The number of rotatable bonds is 7. The van der Waals surface area contributed by atoms with Gasteiger partial charge >= 0.3 is 5.97 Å². The third-order valence-corrected chi connectivity index (χ3v) is 7.49. The van der Waals surface area contributed by atoms with E-state index in [0.29, 0.717) is 44.6 Å². The molecule has 1 aliphatic heterocycles. The number of nitrogens with zero attached hydrogens (tertiary/aromatic N) is 2. The second-order valence-corrected chi connectivity index (χ2v) is 10.4. The Morgan fingerprint density at radius 1 is 1.00 bits per heavy atom. The van der Waals surface area contributed by atoms with Crippen molar-refractivity contribution in [2.75, 3.05) is 27.2 Å². The van der Waals surface area contributed by atoms with Gasteiger partial charge in [-0.25, -0.2) is 15.3 Å². The zero-order valence-electron chi connectivity index (χ0n) is 23.7. The molecule has 0 spiro atoms. The van der Waals surface area contributed by atoms with Crippen molar-refractivity contribution in [3.05, 3.63) is 94.0 Å². The van der Waals surface area contributed by atoms with Gasteiger partial charge < -0.3 is 19.7 Å². The molecule has 3 N–H and O–H groups in total. The van der Waals surface area contributed by atoms with Crippen LogP contribution >= 0.6 is 0 Å². The second kappa shape index (κ2) is 12.0. The van der Waals surface area contributed by atoms with Crippen LogP contribution in [-0.4, -0.2) is 65.9 Å². The van der Waals surface area contributed by atoms with Crippen molar-refractivity contribution >= 4 is 34.2 Å². The highest BCUT2D eigenvalue weighted by molar-refractivity contribution is 6.22. The van der Waals surface area contributed by atoms with Gasteiger partial charge in [0.1, 0.15) is 0 Å². The second-order valence-electron chi connectivity index (χ2n) is 10.4. The maximum Gasteiger partial charge on any atom is 0.338 e. The number of nitrogens with one attached hydrogen (secondary N) is 2. The number of amides is 1. The van der Waals surface area contributed by atoms with E-state index in [-0.39, 0.29) is 17.9 Å². The molecule has 3 aromatic carbocycles. The molecule has 9 nitrogen and oxygen atoms in total. The number of hydrogen-bond donors (Lipinski definition) is 3. The van der Waals surface area contributed by atoms with Crippen LogP contribution in [0.5, 0.6) is 5.88 Å². The van der Waals surface area contributed by atoms with E-state index in [9.17, 15) is 14.7 Å². The van der Waals surface area contributed by atoms with Crippen LogP contribution in [0.25, 0.3) is 10.9 Å². The number of H-pyrrole nitrogens is 1. The lowest BCUT2D eigenvalue weighted by Crippen LogP contribution is -2.38. The van der Waals surface area contributed by atoms with Crippen molar-refractivity contribution in [2.45, 2.75) is 32.8 Å². The van der Waals surface area contributed by atoms with Crippen LogP contribution in [0.2, 0.25) is 0 Å². The minimum Gasteiger partial charge on any atom is -0.494 e. The maximum atomic E-state index is 12.9. The molecule has 5 rings (SSSR count). The summed E-state index contributed by atoms with van der Waals surface area (Å²) < 4.78 is 4.91. The topological polar surface area (TPSA) is 116 Å². The lowest BCUT2D eigenvalue weighted by atomic mass is 9.98. The zero-order chi connectivity index (χ0) is 29.1. The minimum absolute atomic E-state index is 0.00365. The SMILES string of the molecule is COC(=O)c1cc2[nH]c(O)c(C(=Nc3ccc(C(=O)NOC4CCN(C)CC4)c(C)c3)c3ccccc3)c2cc1C. The molecule has 0 radical (unpaired) electrons. The third-order valence-electron chi connectivity index (χ3n) is 7.49. The Morgan fingerprint density at radius 2 is 1.71 bits per heavy atom. The quantitative estimate of drug-likeness (QED) is 0.164. The number of esters is 1. The van der Waals surface area contributed by atoms with Crippen LogP contribution < -0.4 is 5.48 Å². The first-order chi connectivity index (χ1) is 19.7. The number of likely N-dealkylation sites (tertiary alicyclic amines) is 1.